The second-order valence-corrected chi connectivity index (χ2v) is 5.92. The third-order valence-corrected chi connectivity index (χ3v) is 4.15. The van der Waals surface area contributed by atoms with Gasteiger partial charge in [-0.2, -0.15) is 0 Å². The third kappa shape index (κ3) is 3.89. The van der Waals surface area contributed by atoms with Crippen LogP contribution < -0.4 is 4.74 Å². The van der Waals surface area contributed by atoms with Gasteiger partial charge in [-0.15, -0.1) is 0 Å². The molecule has 21 heavy (non-hydrogen) atoms. The summed E-state index contributed by atoms with van der Waals surface area (Å²) in [5, 5.41) is 0.575. The molecule has 0 radical (unpaired) electrons. The molecule has 1 atom stereocenters. The van der Waals surface area contributed by atoms with Crippen LogP contribution in [0.15, 0.2) is 22.7 Å². The number of likely N-dealkylation sites (tertiary alicyclic amines) is 1. The van der Waals surface area contributed by atoms with Crippen molar-refractivity contribution >= 4 is 39.4 Å². The number of carbonyl (C=O) groups excluding carboxylic acids is 2. The molecule has 1 aromatic carbocycles. The van der Waals surface area contributed by atoms with Gasteiger partial charge in [0.15, 0.2) is 6.61 Å². The zero-order valence-electron chi connectivity index (χ0n) is 11.5. The maximum atomic E-state index is 12.2. The minimum atomic E-state index is -0.500. The SMILES string of the molecule is COC(=O)[C@H]1CCCN1C(=O)COc1ccc(Cl)cc1Br. The summed E-state index contributed by atoms with van der Waals surface area (Å²) in [7, 11) is 1.32. The summed E-state index contributed by atoms with van der Waals surface area (Å²) in [6, 6.07) is 4.55. The monoisotopic (exact) mass is 375 g/mol. The van der Waals surface area contributed by atoms with Crippen molar-refractivity contribution < 1.29 is 19.1 Å². The van der Waals surface area contributed by atoms with Gasteiger partial charge in [-0.25, -0.2) is 4.79 Å². The molecule has 1 aromatic rings. The Labute approximate surface area is 136 Å². The molecule has 0 unspecified atom stereocenters. The molecule has 0 bridgehead atoms. The number of amides is 1. The van der Waals surface area contributed by atoms with Crippen molar-refractivity contribution in [1.29, 1.82) is 0 Å². The van der Waals surface area contributed by atoms with Gasteiger partial charge in [0, 0.05) is 11.6 Å². The van der Waals surface area contributed by atoms with E-state index < -0.39 is 6.04 Å². The summed E-state index contributed by atoms with van der Waals surface area (Å²) < 4.78 is 10.9. The second-order valence-electron chi connectivity index (χ2n) is 4.63. The van der Waals surface area contributed by atoms with Crippen molar-refractivity contribution in [2.75, 3.05) is 20.3 Å². The van der Waals surface area contributed by atoms with Crippen LogP contribution in [0, 0.1) is 0 Å². The fourth-order valence-electron chi connectivity index (χ4n) is 2.26. The van der Waals surface area contributed by atoms with Crippen LogP contribution in [0.3, 0.4) is 0 Å². The highest BCUT2D eigenvalue weighted by molar-refractivity contribution is 9.10. The van der Waals surface area contributed by atoms with Gasteiger partial charge in [-0.1, -0.05) is 11.6 Å². The van der Waals surface area contributed by atoms with Crippen molar-refractivity contribution in [2.24, 2.45) is 0 Å². The molecule has 1 aliphatic rings. The van der Waals surface area contributed by atoms with Gasteiger partial charge in [-0.05, 0) is 47.0 Å². The van der Waals surface area contributed by atoms with Crippen LogP contribution in [0.5, 0.6) is 5.75 Å². The van der Waals surface area contributed by atoms with Gasteiger partial charge in [0.2, 0.25) is 0 Å². The van der Waals surface area contributed by atoms with E-state index in [-0.39, 0.29) is 18.5 Å². The van der Waals surface area contributed by atoms with Crippen LogP contribution in [0.2, 0.25) is 5.02 Å². The maximum Gasteiger partial charge on any atom is 0.328 e. The molecule has 1 fully saturated rings. The number of carbonyl (C=O) groups is 2. The minimum Gasteiger partial charge on any atom is -0.483 e. The van der Waals surface area contributed by atoms with E-state index in [2.05, 4.69) is 15.9 Å². The van der Waals surface area contributed by atoms with E-state index in [4.69, 9.17) is 21.1 Å². The van der Waals surface area contributed by atoms with E-state index in [0.717, 1.165) is 6.42 Å². The lowest BCUT2D eigenvalue weighted by atomic mass is 10.2. The van der Waals surface area contributed by atoms with Crippen molar-refractivity contribution in [1.82, 2.24) is 4.90 Å². The van der Waals surface area contributed by atoms with Crippen LogP contribution >= 0.6 is 27.5 Å². The summed E-state index contributed by atoms with van der Waals surface area (Å²) in [4.78, 5) is 25.3. The molecular formula is C14H15BrClNO4. The van der Waals surface area contributed by atoms with E-state index in [1.807, 2.05) is 0 Å². The lowest BCUT2D eigenvalue weighted by Crippen LogP contribution is -2.43. The number of nitrogens with zero attached hydrogens (tertiary/aromatic N) is 1. The molecular weight excluding hydrogens is 362 g/mol. The first kappa shape index (κ1) is 16.1. The highest BCUT2D eigenvalue weighted by Crippen LogP contribution is 2.28. The molecule has 0 N–H and O–H groups in total. The Morgan fingerprint density at radius 1 is 1.48 bits per heavy atom. The van der Waals surface area contributed by atoms with Crippen molar-refractivity contribution in [3.8, 4) is 5.75 Å². The van der Waals surface area contributed by atoms with E-state index in [9.17, 15) is 9.59 Å². The van der Waals surface area contributed by atoms with E-state index in [1.54, 1.807) is 18.2 Å². The Bertz CT molecular complexity index is 552. The van der Waals surface area contributed by atoms with Crippen molar-refractivity contribution in [3.63, 3.8) is 0 Å². The fourth-order valence-corrected chi connectivity index (χ4v) is 3.06. The molecule has 5 nitrogen and oxygen atoms in total. The predicted octanol–water partition coefficient (Wildman–Crippen LogP) is 2.65. The molecule has 1 heterocycles. The van der Waals surface area contributed by atoms with Crippen molar-refractivity contribution in [3.05, 3.63) is 27.7 Å². The molecule has 0 aromatic heterocycles. The van der Waals surface area contributed by atoms with Crippen LogP contribution in [0.4, 0.5) is 0 Å². The summed E-state index contributed by atoms with van der Waals surface area (Å²) in [6.07, 6.45) is 1.42. The summed E-state index contributed by atoms with van der Waals surface area (Å²) in [5.74, 6) is -0.0835. The van der Waals surface area contributed by atoms with E-state index in [0.29, 0.717) is 28.2 Å². The summed E-state index contributed by atoms with van der Waals surface area (Å²) >= 11 is 9.16. The van der Waals surface area contributed by atoms with Crippen LogP contribution in [-0.2, 0) is 14.3 Å². The first-order chi connectivity index (χ1) is 10.0. The summed E-state index contributed by atoms with van der Waals surface area (Å²) in [6.45, 7) is 0.414. The standard InChI is InChI=1S/C14H15BrClNO4/c1-20-14(19)11-3-2-6-17(11)13(18)8-21-12-5-4-9(16)7-10(12)15/h4-5,7,11H,2-3,6,8H2,1H3/t11-/m1/s1. The molecule has 7 heteroatoms. The number of hydrogen-bond donors (Lipinski definition) is 0. The van der Waals surface area contributed by atoms with Crippen molar-refractivity contribution in [2.45, 2.75) is 18.9 Å². The quantitative estimate of drug-likeness (QED) is 0.758. The van der Waals surface area contributed by atoms with Gasteiger partial charge in [0.05, 0.1) is 11.6 Å². The van der Waals surface area contributed by atoms with Gasteiger partial charge in [0.25, 0.3) is 5.91 Å². The Kier molecular flexibility index (Phi) is 5.47. The Hall–Kier alpha value is -1.27. The molecule has 0 saturated carbocycles. The highest BCUT2D eigenvalue weighted by atomic mass is 79.9. The lowest BCUT2D eigenvalue weighted by molar-refractivity contribution is -0.151. The van der Waals surface area contributed by atoms with Gasteiger partial charge < -0.3 is 14.4 Å². The van der Waals surface area contributed by atoms with E-state index >= 15 is 0 Å². The Morgan fingerprint density at radius 2 is 2.24 bits per heavy atom. The average Bonchev–Trinajstić information content (AvgIpc) is 2.94. The van der Waals surface area contributed by atoms with E-state index in [1.165, 1.54) is 12.0 Å². The average molecular weight is 377 g/mol. The van der Waals surface area contributed by atoms with Gasteiger partial charge >= 0.3 is 5.97 Å². The lowest BCUT2D eigenvalue weighted by Gasteiger charge is -2.22. The maximum absolute atomic E-state index is 12.2. The highest BCUT2D eigenvalue weighted by Gasteiger charge is 2.34. The topological polar surface area (TPSA) is 55.8 Å². The number of esters is 1. The first-order valence-corrected chi connectivity index (χ1v) is 7.65. The molecule has 0 aliphatic carbocycles. The Balaban J connectivity index is 1.96. The zero-order valence-corrected chi connectivity index (χ0v) is 13.8. The molecule has 0 spiro atoms. The number of benzene rings is 1. The second kappa shape index (κ2) is 7.13. The van der Waals surface area contributed by atoms with Gasteiger partial charge in [-0.3, -0.25) is 4.79 Å². The number of halogens is 2. The normalized spacial score (nSPS) is 17.7. The first-order valence-electron chi connectivity index (χ1n) is 6.48. The van der Waals surface area contributed by atoms with Crippen LogP contribution in [0.1, 0.15) is 12.8 Å². The van der Waals surface area contributed by atoms with Crippen LogP contribution in [-0.4, -0.2) is 43.1 Å². The molecule has 2 rings (SSSR count). The zero-order chi connectivity index (χ0) is 15.4. The summed E-state index contributed by atoms with van der Waals surface area (Å²) in [5.41, 5.74) is 0. The van der Waals surface area contributed by atoms with Crippen LogP contribution in [0.25, 0.3) is 0 Å². The Morgan fingerprint density at radius 3 is 2.90 bits per heavy atom. The molecule has 1 amide bonds. The third-order valence-electron chi connectivity index (χ3n) is 3.29. The predicted molar refractivity (Wildman–Crippen MR) is 81.4 cm³/mol. The minimum absolute atomic E-state index is 0.131. The molecule has 1 aliphatic heterocycles. The number of ether oxygens (including phenoxy) is 2. The number of rotatable bonds is 4. The number of hydrogen-bond acceptors (Lipinski definition) is 4. The molecule has 1 saturated heterocycles. The van der Waals surface area contributed by atoms with Gasteiger partial charge in [0.1, 0.15) is 11.8 Å². The smallest absolute Gasteiger partial charge is 0.328 e. The number of methoxy groups -OCH3 is 1. The largest absolute Gasteiger partial charge is 0.483 e. The molecule has 114 valence electrons. The fraction of sp³-hybridized carbons (Fsp3) is 0.429.